The Morgan fingerprint density at radius 3 is 2.80 bits per heavy atom. The van der Waals surface area contributed by atoms with Crippen LogP contribution in [0.1, 0.15) is 27.2 Å². The fourth-order valence-corrected chi connectivity index (χ4v) is 1.46. The lowest BCUT2D eigenvalue weighted by molar-refractivity contribution is 0.661. The van der Waals surface area contributed by atoms with Gasteiger partial charge in [-0.3, -0.25) is 5.43 Å². The number of hydrazine groups is 1. The molecule has 0 saturated carbocycles. The smallest absolute Gasteiger partial charge is 0.239 e. The van der Waals surface area contributed by atoms with E-state index in [1.54, 1.807) is 6.20 Å². The van der Waals surface area contributed by atoms with Crippen LogP contribution in [0.2, 0.25) is 0 Å². The number of nitrogens with one attached hydrogen (secondary N) is 1. The summed E-state index contributed by atoms with van der Waals surface area (Å²) in [5.41, 5.74) is 2.45. The number of nitrogens with two attached hydrogens (primary N) is 1. The van der Waals surface area contributed by atoms with Gasteiger partial charge < -0.3 is 4.90 Å². The molecule has 0 bridgehead atoms. The van der Waals surface area contributed by atoms with E-state index >= 15 is 0 Å². The molecule has 0 aliphatic carbocycles. The van der Waals surface area contributed by atoms with Crippen molar-refractivity contribution in [2.75, 3.05) is 16.9 Å². The zero-order valence-corrected chi connectivity index (χ0v) is 9.57. The molecule has 0 radical (unpaired) electrons. The van der Waals surface area contributed by atoms with E-state index in [1.165, 1.54) is 0 Å². The lowest BCUT2D eigenvalue weighted by Crippen LogP contribution is -2.32. The van der Waals surface area contributed by atoms with E-state index in [1.807, 2.05) is 6.07 Å². The van der Waals surface area contributed by atoms with Gasteiger partial charge in [0.1, 0.15) is 5.82 Å². The molecule has 0 aliphatic rings. The van der Waals surface area contributed by atoms with Gasteiger partial charge in [-0.2, -0.15) is 4.98 Å². The van der Waals surface area contributed by atoms with Gasteiger partial charge in [-0.25, -0.2) is 10.8 Å². The SMILES string of the molecule is CCCN(c1ccnc(NN)n1)C(C)C. The minimum Gasteiger partial charge on any atom is -0.354 e. The molecule has 5 heteroatoms. The van der Waals surface area contributed by atoms with E-state index in [4.69, 9.17) is 5.84 Å². The number of nitrogen functional groups attached to an aromatic ring is 1. The molecule has 1 heterocycles. The van der Waals surface area contributed by atoms with Crippen molar-refractivity contribution >= 4 is 11.8 Å². The Morgan fingerprint density at radius 2 is 2.27 bits per heavy atom. The summed E-state index contributed by atoms with van der Waals surface area (Å²) in [5.74, 6) is 6.64. The standard InChI is InChI=1S/C10H19N5/c1-4-7-15(8(2)3)9-5-6-12-10(13-9)14-11/h5-6,8H,4,7,11H2,1-3H3,(H,12,13,14). The molecule has 15 heavy (non-hydrogen) atoms. The first-order valence-corrected chi connectivity index (χ1v) is 5.25. The maximum absolute atomic E-state index is 5.28. The number of hydrogen-bond acceptors (Lipinski definition) is 5. The average molecular weight is 209 g/mol. The van der Waals surface area contributed by atoms with E-state index in [0.29, 0.717) is 12.0 Å². The zero-order chi connectivity index (χ0) is 11.3. The third-order valence-electron chi connectivity index (χ3n) is 2.15. The molecule has 1 aromatic heterocycles. The summed E-state index contributed by atoms with van der Waals surface area (Å²) < 4.78 is 0. The Hall–Kier alpha value is -1.36. The summed E-state index contributed by atoms with van der Waals surface area (Å²) in [4.78, 5) is 10.5. The van der Waals surface area contributed by atoms with Crippen LogP contribution in [-0.2, 0) is 0 Å². The van der Waals surface area contributed by atoms with Crippen LogP contribution in [0.4, 0.5) is 11.8 Å². The first-order valence-electron chi connectivity index (χ1n) is 5.25. The summed E-state index contributed by atoms with van der Waals surface area (Å²) in [6.45, 7) is 7.43. The van der Waals surface area contributed by atoms with Crippen molar-refractivity contribution in [2.24, 2.45) is 5.84 Å². The monoisotopic (exact) mass is 209 g/mol. The van der Waals surface area contributed by atoms with Crippen LogP contribution >= 0.6 is 0 Å². The molecule has 3 N–H and O–H groups in total. The Morgan fingerprint density at radius 1 is 1.53 bits per heavy atom. The highest BCUT2D eigenvalue weighted by Gasteiger charge is 2.11. The predicted octanol–water partition coefficient (Wildman–Crippen LogP) is 1.39. The highest BCUT2D eigenvalue weighted by atomic mass is 15.3. The van der Waals surface area contributed by atoms with Gasteiger partial charge in [-0.15, -0.1) is 0 Å². The summed E-state index contributed by atoms with van der Waals surface area (Å²) >= 11 is 0. The Kier molecular flexibility index (Phi) is 4.30. The number of anilines is 2. The van der Waals surface area contributed by atoms with Crippen molar-refractivity contribution in [2.45, 2.75) is 33.2 Å². The van der Waals surface area contributed by atoms with E-state index < -0.39 is 0 Å². The van der Waals surface area contributed by atoms with Crippen molar-refractivity contribution in [1.82, 2.24) is 9.97 Å². The summed E-state index contributed by atoms with van der Waals surface area (Å²) in [5, 5.41) is 0. The summed E-state index contributed by atoms with van der Waals surface area (Å²) in [6.07, 6.45) is 2.80. The van der Waals surface area contributed by atoms with Gasteiger partial charge in [0.25, 0.3) is 0 Å². The predicted molar refractivity (Wildman–Crippen MR) is 62.6 cm³/mol. The third kappa shape index (κ3) is 3.06. The maximum atomic E-state index is 5.28. The van der Waals surface area contributed by atoms with Crippen LogP contribution in [0.15, 0.2) is 12.3 Å². The normalized spacial score (nSPS) is 10.5. The zero-order valence-electron chi connectivity index (χ0n) is 9.57. The van der Waals surface area contributed by atoms with Gasteiger partial charge >= 0.3 is 0 Å². The molecule has 0 spiro atoms. The third-order valence-corrected chi connectivity index (χ3v) is 2.15. The highest BCUT2D eigenvalue weighted by Crippen LogP contribution is 2.14. The first-order chi connectivity index (χ1) is 7.19. The lowest BCUT2D eigenvalue weighted by Gasteiger charge is -2.27. The second kappa shape index (κ2) is 5.50. The van der Waals surface area contributed by atoms with Gasteiger partial charge in [0.2, 0.25) is 5.95 Å². The Labute approximate surface area is 90.7 Å². The van der Waals surface area contributed by atoms with Crippen LogP contribution in [-0.4, -0.2) is 22.6 Å². The fraction of sp³-hybridized carbons (Fsp3) is 0.600. The van der Waals surface area contributed by atoms with Crippen molar-refractivity contribution in [3.63, 3.8) is 0 Å². The molecular weight excluding hydrogens is 190 g/mol. The second-order valence-electron chi connectivity index (χ2n) is 3.67. The summed E-state index contributed by atoms with van der Waals surface area (Å²) in [7, 11) is 0. The minimum atomic E-state index is 0.422. The Balaban J connectivity index is 2.89. The van der Waals surface area contributed by atoms with Crippen molar-refractivity contribution in [3.05, 3.63) is 12.3 Å². The molecule has 1 aromatic rings. The molecule has 84 valence electrons. The highest BCUT2D eigenvalue weighted by molar-refractivity contribution is 5.42. The van der Waals surface area contributed by atoms with E-state index in [0.717, 1.165) is 18.8 Å². The van der Waals surface area contributed by atoms with Gasteiger partial charge in [0, 0.05) is 18.8 Å². The van der Waals surface area contributed by atoms with Gasteiger partial charge in [0.05, 0.1) is 0 Å². The van der Waals surface area contributed by atoms with Crippen molar-refractivity contribution < 1.29 is 0 Å². The van der Waals surface area contributed by atoms with E-state index in [2.05, 4.69) is 41.1 Å². The molecule has 1 rings (SSSR count). The maximum Gasteiger partial charge on any atom is 0.239 e. The minimum absolute atomic E-state index is 0.422. The molecule has 0 fully saturated rings. The summed E-state index contributed by atoms with van der Waals surface area (Å²) in [6, 6.07) is 2.32. The Bertz CT molecular complexity index is 300. The molecule has 5 nitrogen and oxygen atoms in total. The van der Waals surface area contributed by atoms with Crippen molar-refractivity contribution in [3.8, 4) is 0 Å². The van der Waals surface area contributed by atoms with Gasteiger partial charge in [-0.05, 0) is 26.3 Å². The van der Waals surface area contributed by atoms with Crippen LogP contribution in [0.25, 0.3) is 0 Å². The van der Waals surface area contributed by atoms with Crippen LogP contribution in [0, 0.1) is 0 Å². The number of nitrogens with zero attached hydrogens (tertiary/aromatic N) is 3. The topological polar surface area (TPSA) is 67.1 Å². The van der Waals surface area contributed by atoms with E-state index in [-0.39, 0.29) is 0 Å². The number of aromatic nitrogens is 2. The molecule has 0 saturated heterocycles. The van der Waals surface area contributed by atoms with Crippen LogP contribution in [0.3, 0.4) is 0 Å². The van der Waals surface area contributed by atoms with Crippen LogP contribution < -0.4 is 16.2 Å². The van der Waals surface area contributed by atoms with Crippen LogP contribution in [0.5, 0.6) is 0 Å². The lowest BCUT2D eigenvalue weighted by atomic mass is 10.3. The molecule has 0 aromatic carbocycles. The molecule has 0 unspecified atom stereocenters. The van der Waals surface area contributed by atoms with Gasteiger partial charge in [0.15, 0.2) is 0 Å². The molecule has 0 amide bonds. The second-order valence-corrected chi connectivity index (χ2v) is 3.67. The first kappa shape index (κ1) is 11.7. The van der Waals surface area contributed by atoms with E-state index in [9.17, 15) is 0 Å². The molecule has 0 atom stereocenters. The van der Waals surface area contributed by atoms with Gasteiger partial charge in [-0.1, -0.05) is 6.92 Å². The average Bonchev–Trinajstić information content (AvgIpc) is 2.25. The molecule has 0 aliphatic heterocycles. The number of hydrogen-bond donors (Lipinski definition) is 2. The van der Waals surface area contributed by atoms with Crippen molar-refractivity contribution in [1.29, 1.82) is 0 Å². The number of rotatable bonds is 5. The molecular formula is C10H19N5. The fourth-order valence-electron chi connectivity index (χ4n) is 1.46. The largest absolute Gasteiger partial charge is 0.354 e. The quantitative estimate of drug-likeness (QED) is 0.566.